The Kier molecular flexibility index (Phi) is 13.5. The Morgan fingerprint density at radius 2 is 1.35 bits per heavy atom. The van der Waals surface area contributed by atoms with Gasteiger partial charge in [0.15, 0.2) is 0 Å². The van der Waals surface area contributed by atoms with Crippen LogP contribution < -0.4 is 5.32 Å². The van der Waals surface area contributed by atoms with Crippen LogP contribution in [0, 0.1) is 0 Å². The molecule has 26 heavy (non-hydrogen) atoms. The predicted molar refractivity (Wildman–Crippen MR) is 115 cm³/mol. The average molecular weight is 358 g/mol. The zero-order chi connectivity index (χ0) is 18.9. The molecule has 0 spiro atoms. The highest BCUT2D eigenvalue weighted by atomic mass is 16.1. The number of benzene rings is 1. The van der Waals surface area contributed by atoms with Crippen LogP contribution in [0.2, 0.25) is 0 Å². The van der Waals surface area contributed by atoms with Crippen LogP contribution >= 0.6 is 0 Å². The van der Waals surface area contributed by atoms with Gasteiger partial charge in [-0.05, 0) is 30.5 Å². The Labute approximate surface area is 161 Å². The predicted octanol–water partition coefficient (Wildman–Crippen LogP) is 7.44. The number of nitrogens with one attached hydrogen (secondary N) is 1. The maximum Gasteiger partial charge on any atom is 0.247 e. The highest BCUT2D eigenvalue weighted by Crippen LogP contribution is 2.19. The van der Waals surface area contributed by atoms with E-state index in [0.29, 0.717) is 0 Å². The molecule has 0 unspecified atom stereocenters. The summed E-state index contributed by atoms with van der Waals surface area (Å²) in [4.78, 5) is 11.5. The summed E-state index contributed by atoms with van der Waals surface area (Å²) in [5.74, 6) is -0.136. The molecule has 0 aromatic heterocycles. The van der Waals surface area contributed by atoms with Crippen LogP contribution in [-0.2, 0) is 11.2 Å². The van der Waals surface area contributed by atoms with E-state index in [1.807, 2.05) is 18.2 Å². The van der Waals surface area contributed by atoms with E-state index in [4.69, 9.17) is 0 Å². The summed E-state index contributed by atoms with van der Waals surface area (Å²) in [6.07, 6.45) is 20.2. The number of para-hydroxylation sites is 1. The van der Waals surface area contributed by atoms with Gasteiger partial charge in [-0.1, -0.05) is 109 Å². The van der Waals surface area contributed by atoms with Crippen molar-refractivity contribution in [2.24, 2.45) is 0 Å². The molecule has 0 aliphatic rings. The van der Waals surface area contributed by atoms with Gasteiger partial charge in [0.25, 0.3) is 0 Å². The first-order valence-electron chi connectivity index (χ1n) is 10.8. The number of amides is 1. The van der Waals surface area contributed by atoms with Crippen LogP contribution in [0.25, 0.3) is 0 Å². The molecule has 146 valence electrons. The van der Waals surface area contributed by atoms with Crippen LogP contribution in [0.5, 0.6) is 0 Å². The second kappa shape index (κ2) is 15.7. The van der Waals surface area contributed by atoms with Crippen molar-refractivity contribution in [3.8, 4) is 0 Å². The lowest BCUT2D eigenvalue weighted by atomic mass is 10.0. The zero-order valence-electron chi connectivity index (χ0n) is 16.9. The van der Waals surface area contributed by atoms with E-state index < -0.39 is 0 Å². The molecule has 0 aliphatic heterocycles. The monoisotopic (exact) mass is 357 g/mol. The summed E-state index contributed by atoms with van der Waals surface area (Å²) in [5, 5.41) is 2.90. The number of hydrogen-bond acceptors (Lipinski definition) is 1. The zero-order valence-corrected chi connectivity index (χ0v) is 16.9. The van der Waals surface area contributed by atoms with Crippen molar-refractivity contribution >= 4 is 11.6 Å². The molecule has 0 saturated heterocycles. The van der Waals surface area contributed by atoms with Gasteiger partial charge in [-0.15, -0.1) is 0 Å². The largest absolute Gasteiger partial charge is 0.322 e. The number of aryl methyl sites for hydroxylation is 1. The second-order valence-corrected chi connectivity index (χ2v) is 7.34. The molecular weight excluding hydrogens is 318 g/mol. The van der Waals surface area contributed by atoms with Gasteiger partial charge in [0.2, 0.25) is 5.91 Å². The number of rotatable bonds is 16. The Bertz CT molecular complexity index is 495. The summed E-state index contributed by atoms with van der Waals surface area (Å²) < 4.78 is 0. The van der Waals surface area contributed by atoms with E-state index in [1.165, 1.54) is 95.1 Å². The van der Waals surface area contributed by atoms with Crippen molar-refractivity contribution in [1.29, 1.82) is 0 Å². The fraction of sp³-hybridized carbons (Fsp3) is 0.625. The van der Waals surface area contributed by atoms with E-state index in [9.17, 15) is 4.79 Å². The van der Waals surface area contributed by atoms with Crippen LogP contribution in [0.4, 0.5) is 5.69 Å². The number of unbranched alkanes of at least 4 members (excludes halogenated alkanes) is 12. The highest BCUT2D eigenvalue weighted by Gasteiger charge is 2.03. The summed E-state index contributed by atoms with van der Waals surface area (Å²) in [6, 6.07) is 8.09. The van der Waals surface area contributed by atoms with Crippen molar-refractivity contribution < 1.29 is 4.79 Å². The fourth-order valence-electron chi connectivity index (χ4n) is 3.38. The maximum absolute atomic E-state index is 11.5. The molecule has 2 heteroatoms. The Morgan fingerprint density at radius 3 is 1.88 bits per heavy atom. The molecular formula is C24H39NO. The van der Waals surface area contributed by atoms with Crippen LogP contribution in [0.3, 0.4) is 0 Å². The summed E-state index contributed by atoms with van der Waals surface area (Å²) in [7, 11) is 0. The SMILES string of the molecule is C=CC(=O)Nc1ccccc1CCCCCCCCCCCCCCC. The number of anilines is 1. The Morgan fingerprint density at radius 1 is 0.846 bits per heavy atom. The molecule has 0 bridgehead atoms. The molecule has 0 fully saturated rings. The van der Waals surface area contributed by atoms with E-state index in [0.717, 1.165) is 12.1 Å². The first-order chi connectivity index (χ1) is 12.8. The third kappa shape index (κ3) is 11.1. The first kappa shape index (κ1) is 22.5. The first-order valence-corrected chi connectivity index (χ1v) is 10.8. The van der Waals surface area contributed by atoms with Gasteiger partial charge >= 0.3 is 0 Å². The topological polar surface area (TPSA) is 29.1 Å². The smallest absolute Gasteiger partial charge is 0.247 e. The third-order valence-electron chi connectivity index (χ3n) is 5.01. The normalized spacial score (nSPS) is 10.7. The van der Waals surface area contributed by atoms with Crippen molar-refractivity contribution in [3.05, 3.63) is 42.5 Å². The van der Waals surface area contributed by atoms with E-state index in [2.05, 4.69) is 24.9 Å². The van der Waals surface area contributed by atoms with Crippen LogP contribution in [-0.4, -0.2) is 5.91 Å². The van der Waals surface area contributed by atoms with Gasteiger partial charge in [-0.3, -0.25) is 4.79 Å². The van der Waals surface area contributed by atoms with Gasteiger partial charge in [0, 0.05) is 5.69 Å². The van der Waals surface area contributed by atoms with Crippen molar-refractivity contribution in [3.63, 3.8) is 0 Å². The van der Waals surface area contributed by atoms with Gasteiger partial charge in [-0.2, -0.15) is 0 Å². The minimum Gasteiger partial charge on any atom is -0.322 e. The van der Waals surface area contributed by atoms with Crippen molar-refractivity contribution in [2.45, 2.75) is 96.8 Å². The molecule has 0 heterocycles. The molecule has 1 N–H and O–H groups in total. The molecule has 0 aliphatic carbocycles. The fourth-order valence-corrected chi connectivity index (χ4v) is 3.38. The molecule has 1 rings (SSSR count). The maximum atomic E-state index is 11.5. The van der Waals surface area contributed by atoms with Gasteiger partial charge in [0.1, 0.15) is 0 Å². The van der Waals surface area contributed by atoms with Gasteiger partial charge < -0.3 is 5.32 Å². The molecule has 0 saturated carbocycles. The second-order valence-electron chi connectivity index (χ2n) is 7.34. The lowest BCUT2D eigenvalue weighted by Gasteiger charge is -2.09. The van der Waals surface area contributed by atoms with Crippen molar-refractivity contribution in [2.75, 3.05) is 5.32 Å². The summed E-state index contributed by atoms with van der Waals surface area (Å²) >= 11 is 0. The Hall–Kier alpha value is -1.57. The summed E-state index contributed by atoms with van der Waals surface area (Å²) in [5.41, 5.74) is 2.15. The number of carbonyl (C=O) groups excluding carboxylic acids is 1. The summed E-state index contributed by atoms with van der Waals surface area (Å²) in [6.45, 7) is 5.79. The van der Waals surface area contributed by atoms with E-state index >= 15 is 0 Å². The minimum atomic E-state index is -0.136. The average Bonchev–Trinajstić information content (AvgIpc) is 2.66. The standard InChI is InChI=1S/C24H39NO/c1-3-5-6-7-8-9-10-11-12-13-14-15-16-19-22-20-17-18-21-23(22)25-24(26)4-2/h4,17-18,20-21H,2-3,5-16,19H2,1H3,(H,25,26). The minimum absolute atomic E-state index is 0.136. The Balaban J connectivity index is 2.01. The molecule has 0 radical (unpaired) electrons. The molecule has 1 aromatic rings. The van der Waals surface area contributed by atoms with Crippen LogP contribution in [0.15, 0.2) is 36.9 Å². The molecule has 0 atom stereocenters. The number of carbonyl (C=O) groups is 1. The van der Waals surface area contributed by atoms with E-state index in [-0.39, 0.29) is 5.91 Å². The lowest BCUT2D eigenvalue weighted by Crippen LogP contribution is -2.09. The van der Waals surface area contributed by atoms with E-state index in [1.54, 1.807) is 0 Å². The van der Waals surface area contributed by atoms with Gasteiger partial charge in [0.05, 0.1) is 0 Å². The van der Waals surface area contributed by atoms with Gasteiger partial charge in [-0.25, -0.2) is 0 Å². The molecule has 2 nitrogen and oxygen atoms in total. The number of hydrogen-bond donors (Lipinski definition) is 1. The molecule has 1 amide bonds. The highest BCUT2D eigenvalue weighted by molar-refractivity contribution is 5.99. The van der Waals surface area contributed by atoms with Crippen molar-refractivity contribution in [1.82, 2.24) is 0 Å². The lowest BCUT2D eigenvalue weighted by molar-refractivity contribution is -0.111. The quantitative estimate of drug-likeness (QED) is 0.242. The molecule has 1 aromatic carbocycles. The van der Waals surface area contributed by atoms with Crippen LogP contribution in [0.1, 0.15) is 96.0 Å². The third-order valence-corrected chi connectivity index (χ3v) is 5.01.